The Labute approximate surface area is 285 Å². The fraction of sp³-hybridized carbons (Fsp3) is 0.529. The number of carboxylic acids is 1. The largest absolute Gasteiger partial charge is 0.481 e. The molecule has 4 unspecified atom stereocenters. The summed E-state index contributed by atoms with van der Waals surface area (Å²) < 4.78 is 10.1. The van der Waals surface area contributed by atoms with Crippen molar-refractivity contribution in [1.82, 2.24) is 0 Å². The second-order valence-corrected chi connectivity index (χ2v) is 12.1. The molecule has 1 fully saturated rings. The number of aliphatic hydroxyl groups excluding tert-OH is 5. The number of allylic oxidation sites excluding steroid dienone is 9. The number of carbonyl (C=O) groups is 4. The Morgan fingerprint density at radius 3 is 2.21 bits per heavy atom. The maximum atomic E-state index is 12.6. The Hall–Kier alpha value is -3.59. The van der Waals surface area contributed by atoms with E-state index in [9.17, 15) is 44.7 Å². The van der Waals surface area contributed by atoms with Crippen molar-refractivity contribution in [3.05, 3.63) is 71.4 Å². The van der Waals surface area contributed by atoms with Crippen LogP contribution in [0.2, 0.25) is 0 Å². The van der Waals surface area contributed by atoms with E-state index >= 15 is 0 Å². The van der Waals surface area contributed by atoms with Gasteiger partial charge in [-0.2, -0.15) is 0 Å². The van der Waals surface area contributed by atoms with Gasteiger partial charge in [0.2, 0.25) is 0 Å². The number of aliphatic carboxylic acids is 1. The number of nitrogens with two attached hydrogens (primary N) is 1. The molecule has 13 nitrogen and oxygen atoms in total. The Morgan fingerprint density at radius 2 is 1.60 bits per heavy atom. The van der Waals surface area contributed by atoms with Gasteiger partial charge >= 0.3 is 18.0 Å². The molecule has 0 saturated heterocycles. The normalized spacial score (nSPS) is 24.8. The molecule has 0 aromatic heterocycles. The molecule has 0 spiro atoms. The number of amides is 1. The maximum absolute atomic E-state index is 12.6. The van der Waals surface area contributed by atoms with Crippen molar-refractivity contribution in [3.63, 3.8) is 0 Å². The predicted octanol–water partition coefficient (Wildman–Crippen LogP) is 2.60. The van der Waals surface area contributed by atoms with Crippen molar-refractivity contribution in [2.45, 2.75) is 96.1 Å². The first-order valence-corrected chi connectivity index (χ1v) is 15.9. The van der Waals surface area contributed by atoms with Crippen LogP contribution in [0.25, 0.3) is 0 Å². The van der Waals surface area contributed by atoms with Crippen molar-refractivity contribution in [1.29, 1.82) is 0 Å². The number of carboxylic acid groups (broad SMARTS) is 1. The van der Waals surface area contributed by atoms with Crippen LogP contribution in [0.3, 0.4) is 0 Å². The minimum Gasteiger partial charge on any atom is -0.481 e. The summed E-state index contributed by atoms with van der Waals surface area (Å²) in [6, 6.07) is 0. The van der Waals surface area contributed by atoms with Gasteiger partial charge in [0.05, 0.1) is 24.2 Å². The molecule has 0 bridgehead atoms. The molecule has 0 heterocycles. The summed E-state index contributed by atoms with van der Waals surface area (Å²) in [6.45, 7) is 6.71. The number of esters is 1. The molecule has 1 rings (SSSR count). The standard InChI is InChI=1S/C34H48ClNO12/c1-5-6-14-27(48-34(36)46)21(4)24(37)18-26(39)32(43)30(41)20(3)23(35)13-9-7-11-19(2)12-8-10-15-29(40)47-28-17-22(33(44)45)16-25(38)31(28)42/h6-15,20-22,24-25,27-28,30-32,37-38,41-43H,5,16-18H2,1-4H3,(H2,36,46)(H,44,45)/b9-7+,12-8+,14-6+,15-10+,19-11+,23-13-/t20-,21+,22?,24-,25?,27-,28?,30-,31?,32-/m1/s1. The fourth-order valence-electron chi connectivity index (χ4n) is 4.69. The molecular weight excluding hydrogens is 650 g/mol. The molecule has 0 aromatic rings. The maximum Gasteiger partial charge on any atom is 0.405 e. The van der Waals surface area contributed by atoms with Crippen LogP contribution in [0.15, 0.2) is 71.4 Å². The first-order valence-electron chi connectivity index (χ1n) is 15.5. The van der Waals surface area contributed by atoms with Crippen molar-refractivity contribution in [2.75, 3.05) is 0 Å². The Kier molecular flexibility index (Phi) is 18.9. The highest BCUT2D eigenvalue weighted by molar-refractivity contribution is 6.30. The summed E-state index contributed by atoms with van der Waals surface area (Å²) in [7, 11) is 0. The quantitative estimate of drug-likeness (QED) is 0.0474. The molecule has 10 atom stereocenters. The van der Waals surface area contributed by atoms with Crippen molar-refractivity contribution < 1.29 is 59.3 Å². The molecule has 1 aliphatic rings. The molecule has 268 valence electrons. The Morgan fingerprint density at radius 1 is 0.979 bits per heavy atom. The van der Waals surface area contributed by atoms with Gasteiger partial charge in [0.1, 0.15) is 24.4 Å². The summed E-state index contributed by atoms with van der Waals surface area (Å²) in [5.74, 6) is -5.27. The average Bonchev–Trinajstić information content (AvgIpc) is 3.03. The zero-order valence-corrected chi connectivity index (χ0v) is 28.2. The Balaban J connectivity index is 2.68. The topological polar surface area (TPSA) is 234 Å². The van der Waals surface area contributed by atoms with Gasteiger partial charge in [-0.3, -0.25) is 9.59 Å². The zero-order valence-electron chi connectivity index (χ0n) is 27.5. The lowest BCUT2D eigenvalue weighted by Crippen LogP contribution is -2.48. The first-order chi connectivity index (χ1) is 22.5. The number of ether oxygens (including phenoxy) is 2. The molecule has 48 heavy (non-hydrogen) atoms. The monoisotopic (exact) mass is 697 g/mol. The van der Waals surface area contributed by atoms with E-state index in [4.69, 9.17) is 31.9 Å². The van der Waals surface area contributed by atoms with E-state index in [1.54, 1.807) is 56.4 Å². The van der Waals surface area contributed by atoms with Crippen molar-refractivity contribution >= 4 is 35.4 Å². The number of aliphatic hydroxyl groups is 5. The number of halogens is 1. The number of ketones is 1. The van der Waals surface area contributed by atoms with Gasteiger partial charge in [-0.25, -0.2) is 9.59 Å². The van der Waals surface area contributed by atoms with Crippen LogP contribution in [0, 0.1) is 17.8 Å². The van der Waals surface area contributed by atoms with Crippen LogP contribution in [0.5, 0.6) is 0 Å². The van der Waals surface area contributed by atoms with Crippen LogP contribution in [-0.4, -0.2) is 97.2 Å². The smallest absolute Gasteiger partial charge is 0.405 e. The number of carbonyl (C=O) groups excluding carboxylic acids is 3. The summed E-state index contributed by atoms with van der Waals surface area (Å²) >= 11 is 6.29. The fourth-order valence-corrected chi connectivity index (χ4v) is 4.89. The van der Waals surface area contributed by atoms with Gasteiger partial charge in [-0.15, -0.1) is 0 Å². The molecule has 14 heteroatoms. The summed E-state index contributed by atoms with van der Waals surface area (Å²) in [6.07, 6.45) is 4.81. The van der Waals surface area contributed by atoms with E-state index < -0.39 is 90.7 Å². The zero-order chi connectivity index (χ0) is 36.6. The Bertz CT molecular complexity index is 1270. The second kappa shape index (κ2) is 21.4. The first kappa shape index (κ1) is 42.4. The molecule has 0 radical (unpaired) electrons. The minimum absolute atomic E-state index is 0.107. The van der Waals surface area contributed by atoms with Crippen LogP contribution < -0.4 is 5.73 Å². The molecule has 0 aliphatic heterocycles. The lowest BCUT2D eigenvalue weighted by molar-refractivity contribution is -0.170. The van der Waals surface area contributed by atoms with Crippen LogP contribution in [-0.2, 0) is 23.9 Å². The predicted molar refractivity (Wildman–Crippen MR) is 177 cm³/mol. The van der Waals surface area contributed by atoms with Crippen LogP contribution in [0.1, 0.15) is 53.4 Å². The molecular formula is C34H48ClNO12. The number of Topliss-reactive ketones (excluding diaryl/α,β-unsaturated/α-hetero) is 1. The van der Waals surface area contributed by atoms with Gasteiger partial charge in [-0.05, 0) is 31.9 Å². The molecule has 8 N–H and O–H groups in total. The van der Waals surface area contributed by atoms with E-state index in [2.05, 4.69) is 0 Å². The van der Waals surface area contributed by atoms with E-state index in [1.165, 1.54) is 19.1 Å². The van der Waals surface area contributed by atoms with Crippen LogP contribution >= 0.6 is 11.6 Å². The number of primary amides is 1. The number of hydrogen-bond donors (Lipinski definition) is 7. The third kappa shape index (κ3) is 14.7. The third-order valence-corrected chi connectivity index (χ3v) is 8.28. The molecule has 0 aromatic carbocycles. The molecule has 1 amide bonds. The lowest BCUT2D eigenvalue weighted by atomic mass is 9.83. The van der Waals surface area contributed by atoms with E-state index in [0.717, 1.165) is 11.6 Å². The second-order valence-electron chi connectivity index (χ2n) is 11.7. The SMILES string of the molecule is CC/C=C/[C@@H](OC(N)=O)[C@@H](C)[C@H](O)CC(=O)[C@@H](O)[C@H](O)[C@H](C)/C(Cl)=C/C=C/C=C(C)/C=C/C=C/C(=O)OC1CC(C(=O)O)CC(O)C1O. The van der Waals surface area contributed by atoms with E-state index in [1.807, 2.05) is 6.92 Å². The third-order valence-electron chi connectivity index (χ3n) is 7.81. The molecule has 1 aliphatic carbocycles. The van der Waals surface area contributed by atoms with E-state index in [-0.39, 0.29) is 17.9 Å². The highest BCUT2D eigenvalue weighted by atomic mass is 35.5. The summed E-state index contributed by atoms with van der Waals surface area (Å²) in [5.41, 5.74) is 5.86. The van der Waals surface area contributed by atoms with Crippen molar-refractivity contribution in [3.8, 4) is 0 Å². The number of hydrogen-bond acceptors (Lipinski definition) is 11. The van der Waals surface area contributed by atoms with E-state index in [0.29, 0.717) is 6.42 Å². The number of rotatable bonds is 18. The highest BCUT2D eigenvalue weighted by Crippen LogP contribution is 2.28. The van der Waals surface area contributed by atoms with Gasteiger partial charge in [0.15, 0.2) is 5.78 Å². The van der Waals surface area contributed by atoms with Gasteiger partial charge in [0.25, 0.3) is 0 Å². The summed E-state index contributed by atoms with van der Waals surface area (Å²) in [4.78, 5) is 47.2. The van der Waals surface area contributed by atoms with Gasteiger partial charge in [0, 0.05) is 35.8 Å². The molecule has 1 saturated carbocycles. The van der Waals surface area contributed by atoms with Gasteiger partial charge in [-0.1, -0.05) is 80.5 Å². The van der Waals surface area contributed by atoms with Crippen molar-refractivity contribution in [2.24, 2.45) is 23.5 Å². The average molecular weight is 698 g/mol. The minimum atomic E-state index is -1.84. The highest BCUT2D eigenvalue weighted by Gasteiger charge is 2.40. The van der Waals surface area contributed by atoms with Crippen LogP contribution in [0.4, 0.5) is 4.79 Å². The van der Waals surface area contributed by atoms with Gasteiger partial charge < -0.3 is 45.8 Å². The lowest BCUT2D eigenvalue weighted by Gasteiger charge is -2.34. The summed E-state index contributed by atoms with van der Waals surface area (Å²) in [5, 5.41) is 60.7.